The van der Waals surface area contributed by atoms with Crippen molar-refractivity contribution < 1.29 is 76.7 Å². The van der Waals surface area contributed by atoms with Gasteiger partial charge in [0.25, 0.3) is 11.7 Å². The molecule has 1 aromatic rings. The number of carbonyl (C=O) groups excluding carboxylic acids is 6. The zero-order valence-electron chi connectivity index (χ0n) is 48.3. The molecule has 0 spiro atoms. The predicted octanol–water partition coefficient (Wildman–Crippen LogP) is 6.79. The quantitative estimate of drug-likeness (QED) is 0.113. The Hall–Kier alpha value is -4.66. The Bertz CT molecular complexity index is 2350. The van der Waals surface area contributed by atoms with Gasteiger partial charge in [0.2, 0.25) is 5.79 Å². The number of Topliss-reactive ketones (excluding diaryl/α,β-unsaturated/α-hetero) is 3. The number of allylic oxidation sites excluding steroid dienone is 6. The van der Waals surface area contributed by atoms with E-state index in [4.69, 9.17) is 37.7 Å². The van der Waals surface area contributed by atoms with Gasteiger partial charge >= 0.3 is 19.1 Å². The summed E-state index contributed by atoms with van der Waals surface area (Å²) in [4.78, 5) is 86.3. The van der Waals surface area contributed by atoms with Crippen LogP contribution >= 0.6 is 0 Å². The Labute approximate surface area is 468 Å². The molecule has 5 aliphatic rings. The Morgan fingerprint density at radius 2 is 1.56 bits per heavy atom. The minimum absolute atomic E-state index is 0.000913. The molecule has 1 amide bonds. The van der Waals surface area contributed by atoms with E-state index in [0.717, 1.165) is 11.0 Å². The summed E-state index contributed by atoms with van der Waals surface area (Å²) in [7, 11) is 3.92. The normalized spacial score (nSPS) is 36.7. The standard InChI is InChI=1S/C61H88BNO16/c1-38-19-13-11-14-20-40(3)51(72-8)34-46-27-25-43(6)61(71,79-46)56(67)57(68)63-30-18-17-23-47(63)58(69)77-52(35-49(65)39(2)24-28-48(64)55(74-10)54(66)42(5)31-38)41(4)32-44-26-29-50(53(33-44)73-9)78-59(70)60(7)36-75-62(76-37-60)45-21-15-12-16-22-45/h11-16,19-22,24,28,38-39,41-44,46-48,50-53,55,64,71H,17-18,23,25-27,29-37H2,1-10H3/b14-11+,19-13+,28-24+,40-20+/t38-,39-,41-,42-,43-,44+,46+,47+,48-,50-,51+,52+,53-,55-,61-/m1/s1. The molecule has 4 fully saturated rings. The summed E-state index contributed by atoms with van der Waals surface area (Å²) in [5.41, 5.74) is 0.686. The largest absolute Gasteiger partial charge is 0.493 e. The van der Waals surface area contributed by atoms with Crippen molar-refractivity contribution in [3.8, 4) is 0 Å². The first-order valence-electron chi connectivity index (χ1n) is 28.6. The number of amides is 1. The number of piperidine rings is 1. The second-order valence-electron chi connectivity index (χ2n) is 23.4. The number of hydrogen-bond donors (Lipinski definition) is 2. The van der Waals surface area contributed by atoms with Crippen LogP contribution in [0.2, 0.25) is 0 Å². The average Bonchev–Trinajstić information content (AvgIpc) is 3.44. The van der Waals surface area contributed by atoms with Gasteiger partial charge in [-0.25, -0.2) is 4.79 Å². The molecule has 1 aliphatic carbocycles. The van der Waals surface area contributed by atoms with E-state index in [9.17, 15) is 39.0 Å². The summed E-state index contributed by atoms with van der Waals surface area (Å²) in [6.07, 6.45) is 11.7. The fraction of sp³-hybridized carbons (Fsp3) is 0.672. The molecule has 79 heavy (non-hydrogen) atoms. The van der Waals surface area contributed by atoms with Crippen molar-refractivity contribution in [1.82, 2.24) is 4.90 Å². The number of aliphatic hydroxyl groups is 2. The number of fused-ring (bicyclic) bond motifs is 3. The van der Waals surface area contributed by atoms with Gasteiger partial charge in [-0.3, -0.25) is 24.0 Å². The molecule has 2 bridgehead atoms. The minimum atomic E-state index is -2.46. The molecule has 0 aromatic heterocycles. The molecule has 3 saturated heterocycles. The lowest BCUT2D eigenvalue weighted by atomic mass is 9.75. The number of hydrogen-bond acceptors (Lipinski definition) is 16. The lowest BCUT2D eigenvalue weighted by Crippen LogP contribution is -2.61. The van der Waals surface area contributed by atoms with Gasteiger partial charge in [0, 0.05) is 71.7 Å². The Morgan fingerprint density at radius 3 is 2.24 bits per heavy atom. The monoisotopic (exact) mass is 1100 g/mol. The topological polar surface area (TPSA) is 220 Å². The molecular weight excluding hydrogens is 1010 g/mol. The zero-order chi connectivity index (χ0) is 57.6. The van der Waals surface area contributed by atoms with Crippen LogP contribution in [-0.4, -0.2) is 153 Å². The number of carbonyl (C=O) groups is 6. The molecule has 18 heteroatoms. The average molecular weight is 1100 g/mol. The van der Waals surface area contributed by atoms with Crippen LogP contribution in [-0.2, 0) is 66.5 Å². The molecule has 0 unspecified atom stereocenters. The first-order valence-corrected chi connectivity index (χ1v) is 28.6. The SMILES string of the molecule is CO[C@H]1C[C@@H]2CC[C@@H](C)[C@@](O)(O2)C(=O)C(=O)N2CCCC[C@H]2C(=O)O[C@H]([C@H](C)C[C@@H]2CC[C@@H](OC(=O)C3(C)COB(c4ccccc4)OC3)[C@H](OC)C2)CC(=O)[C@H](C)/C=C/[C@@H](O)[C@@H](OC)C(=O)[C@H](C)C[C@H](C)/C=C/C=C/C=C/1C. The van der Waals surface area contributed by atoms with Crippen molar-refractivity contribution in [1.29, 1.82) is 0 Å². The van der Waals surface area contributed by atoms with Gasteiger partial charge in [0.05, 0.1) is 18.3 Å². The van der Waals surface area contributed by atoms with Gasteiger partial charge < -0.3 is 52.8 Å². The smallest absolute Gasteiger partial charge is 0.460 e. The Balaban J connectivity index is 1.22. The second-order valence-corrected chi connectivity index (χ2v) is 23.4. The summed E-state index contributed by atoms with van der Waals surface area (Å²) in [5.74, 6) is -8.89. The fourth-order valence-corrected chi connectivity index (χ4v) is 11.7. The van der Waals surface area contributed by atoms with E-state index in [1.807, 2.05) is 81.5 Å². The van der Waals surface area contributed by atoms with E-state index < -0.39 is 114 Å². The molecule has 6 rings (SSSR count). The maximum atomic E-state index is 14.6. The van der Waals surface area contributed by atoms with E-state index in [1.54, 1.807) is 41.9 Å². The van der Waals surface area contributed by atoms with Crippen LogP contribution in [0.5, 0.6) is 0 Å². The predicted molar refractivity (Wildman–Crippen MR) is 296 cm³/mol. The molecule has 2 N–H and O–H groups in total. The Kier molecular flexibility index (Phi) is 23.6. The van der Waals surface area contributed by atoms with E-state index >= 15 is 0 Å². The van der Waals surface area contributed by atoms with Crippen LogP contribution in [0.4, 0.5) is 0 Å². The van der Waals surface area contributed by atoms with E-state index in [0.29, 0.717) is 64.2 Å². The van der Waals surface area contributed by atoms with E-state index in [2.05, 4.69) is 0 Å². The van der Waals surface area contributed by atoms with Crippen molar-refractivity contribution in [2.75, 3.05) is 41.1 Å². The van der Waals surface area contributed by atoms with Crippen molar-refractivity contribution >= 4 is 47.8 Å². The number of esters is 2. The molecule has 1 saturated carbocycles. The summed E-state index contributed by atoms with van der Waals surface area (Å²) >= 11 is 0. The van der Waals surface area contributed by atoms with Gasteiger partial charge in [-0.15, -0.1) is 0 Å². The lowest BCUT2D eigenvalue weighted by Gasteiger charge is -2.42. The van der Waals surface area contributed by atoms with Crippen LogP contribution < -0.4 is 5.46 Å². The Morgan fingerprint density at radius 1 is 0.835 bits per heavy atom. The van der Waals surface area contributed by atoms with Crippen molar-refractivity contribution in [3.63, 3.8) is 0 Å². The van der Waals surface area contributed by atoms with Gasteiger partial charge in [-0.05, 0) is 107 Å². The fourth-order valence-electron chi connectivity index (χ4n) is 11.7. The van der Waals surface area contributed by atoms with Gasteiger partial charge in [-0.1, -0.05) is 107 Å². The van der Waals surface area contributed by atoms with E-state index in [1.165, 1.54) is 24.2 Å². The summed E-state index contributed by atoms with van der Waals surface area (Å²) in [6, 6.07) is 8.32. The molecule has 15 atom stereocenters. The molecule has 4 heterocycles. The van der Waals surface area contributed by atoms with Crippen molar-refractivity contribution in [3.05, 3.63) is 78.4 Å². The number of methoxy groups -OCH3 is 3. The maximum Gasteiger partial charge on any atom is 0.493 e. The van der Waals surface area contributed by atoms with Crippen LogP contribution in [0, 0.1) is 40.9 Å². The van der Waals surface area contributed by atoms with Crippen LogP contribution in [0.25, 0.3) is 0 Å². The summed E-state index contributed by atoms with van der Waals surface area (Å²) < 4.78 is 48.0. The molecule has 436 valence electrons. The third kappa shape index (κ3) is 16.5. The zero-order valence-corrected chi connectivity index (χ0v) is 48.3. The second kappa shape index (κ2) is 29.4. The highest BCUT2D eigenvalue weighted by atomic mass is 16.6. The van der Waals surface area contributed by atoms with Crippen LogP contribution in [0.3, 0.4) is 0 Å². The lowest BCUT2D eigenvalue weighted by molar-refractivity contribution is -0.265. The molecule has 4 aliphatic heterocycles. The molecular formula is C61H88BNO16. The minimum Gasteiger partial charge on any atom is -0.460 e. The number of nitrogens with zero attached hydrogens (tertiary/aromatic N) is 1. The highest BCUT2D eigenvalue weighted by molar-refractivity contribution is 6.61. The molecule has 1 aromatic carbocycles. The number of ether oxygens (including phenoxy) is 6. The number of rotatable bonds is 9. The first kappa shape index (κ1) is 63.5. The van der Waals surface area contributed by atoms with Gasteiger partial charge in [-0.2, -0.15) is 0 Å². The third-order valence-corrected chi connectivity index (χ3v) is 17.0. The summed E-state index contributed by atoms with van der Waals surface area (Å²) in [6.45, 7) is 13.0. The number of cyclic esters (lactones) is 1. The number of aliphatic hydroxyl groups excluding tert-OH is 1. The number of ketones is 3. The van der Waals surface area contributed by atoms with Gasteiger partial charge in [0.1, 0.15) is 41.7 Å². The highest BCUT2D eigenvalue weighted by Gasteiger charge is 2.53. The highest BCUT2D eigenvalue weighted by Crippen LogP contribution is 2.39. The van der Waals surface area contributed by atoms with Gasteiger partial charge in [0.15, 0.2) is 5.78 Å². The van der Waals surface area contributed by atoms with Crippen molar-refractivity contribution in [2.24, 2.45) is 40.9 Å². The first-order chi connectivity index (χ1) is 37.6. The molecule has 0 radical (unpaired) electrons. The number of benzene rings is 1. The van der Waals surface area contributed by atoms with Crippen LogP contribution in [0.1, 0.15) is 126 Å². The van der Waals surface area contributed by atoms with Crippen LogP contribution in [0.15, 0.2) is 78.4 Å². The molecule has 17 nitrogen and oxygen atoms in total. The third-order valence-electron chi connectivity index (χ3n) is 17.0. The maximum absolute atomic E-state index is 14.6. The van der Waals surface area contributed by atoms with E-state index in [-0.39, 0.29) is 56.0 Å². The van der Waals surface area contributed by atoms with Crippen molar-refractivity contribution in [2.45, 2.75) is 180 Å². The summed E-state index contributed by atoms with van der Waals surface area (Å²) in [5, 5.41) is 23.3.